The summed E-state index contributed by atoms with van der Waals surface area (Å²) in [5, 5.41) is 11.6. The van der Waals surface area contributed by atoms with E-state index < -0.39 is 0 Å². The third-order valence-corrected chi connectivity index (χ3v) is 6.61. The second kappa shape index (κ2) is 10.9. The summed E-state index contributed by atoms with van der Waals surface area (Å²) in [4.78, 5) is 6.93. The summed E-state index contributed by atoms with van der Waals surface area (Å²) < 4.78 is 28.4. The lowest BCUT2D eigenvalue weighted by Crippen LogP contribution is -2.37. The van der Waals surface area contributed by atoms with E-state index in [0.717, 1.165) is 78.0 Å². The summed E-state index contributed by atoms with van der Waals surface area (Å²) in [5.74, 6) is 2.01. The molecule has 8 nitrogen and oxygen atoms in total. The van der Waals surface area contributed by atoms with Gasteiger partial charge in [-0.05, 0) is 30.2 Å². The Balaban J connectivity index is 1.43. The molecule has 0 spiro atoms. The highest BCUT2D eigenvalue weighted by molar-refractivity contribution is 5.90. The number of hydrogen-bond donors (Lipinski definition) is 0. The molecule has 1 aliphatic rings. The fourth-order valence-electron chi connectivity index (χ4n) is 4.71. The lowest BCUT2D eigenvalue weighted by molar-refractivity contribution is 0.0357. The number of ether oxygens (including phenoxy) is 4. The Kier molecular flexibility index (Phi) is 7.21. The summed E-state index contributed by atoms with van der Waals surface area (Å²) in [5.41, 5.74) is 3.83. The van der Waals surface area contributed by atoms with E-state index in [1.165, 1.54) is 0 Å². The first-order valence-electron chi connectivity index (χ1n) is 12.1. The minimum Gasteiger partial charge on any atom is -0.496 e. The molecular weight excluding hydrogens is 458 g/mol. The minimum atomic E-state index is 0.499. The highest BCUT2D eigenvalue weighted by Gasteiger charge is 2.18. The first-order valence-corrected chi connectivity index (χ1v) is 12.1. The molecule has 1 aliphatic heterocycles. The zero-order chi connectivity index (χ0) is 24.9. The second-order valence-corrected chi connectivity index (χ2v) is 8.71. The third-order valence-electron chi connectivity index (χ3n) is 6.61. The van der Waals surface area contributed by atoms with Crippen molar-refractivity contribution in [3.63, 3.8) is 0 Å². The van der Waals surface area contributed by atoms with Crippen LogP contribution in [0.5, 0.6) is 17.2 Å². The monoisotopic (exact) mass is 487 g/mol. The maximum Gasteiger partial charge on any atom is 0.163 e. The van der Waals surface area contributed by atoms with Gasteiger partial charge in [0, 0.05) is 49.3 Å². The number of methoxy groups -OCH3 is 2. The van der Waals surface area contributed by atoms with Crippen molar-refractivity contribution in [3.8, 4) is 23.3 Å². The Morgan fingerprint density at radius 1 is 1.03 bits per heavy atom. The number of hydrogen-bond acceptors (Lipinski definition) is 8. The van der Waals surface area contributed by atoms with Gasteiger partial charge in [0.15, 0.2) is 11.5 Å². The quantitative estimate of drug-likeness (QED) is 0.318. The largest absolute Gasteiger partial charge is 0.496 e. The van der Waals surface area contributed by atoms with Crippen molar-refractivity contribution in [2.24, 2.45) is 0 Å². The molecule has 4 aromatic rings. The van der Waals surface area contributed by atoms with Gasteiger partial charge in [0.25, 0.3) is 0 Å². The molecule has 3 heterocycles. The first kappa shape index (κ1) is 23.9. The van der Waals surface area contributed by atoms with Crippen molar-refractivity contribution in [3.05, 3.63) is 59.5 Å². The summed E-state index contributed by atoms with van der Waals surface area (Å²) in [6.45, 7) is 5.05. The molecule has 2 aromatic carbocycles. The summed E-state index contributed by atoms with van der Waals surface area (Å²) in [6, 6.07) is 11.9. The smallest absolute Gasteiger partial charge is 0.163 e. The van der Waals surface area contributed by atoms with Gasteiger partial charge in [-0.2, -0.15) is 5.26 Å². The number of morpholine rings is 1. The van der Waals surface area contributed by atoms with Crippen LogP contribution in [0.3, 0.4) is 0 Å². The van der Waals surface area contributed by atoms with E-state index in [0.29, 0.717) is 30.1 Å². The van der Waals surface area contributed by atoms with Gasteiger partial charge in [-0.25, -0.2) is 0 Å². The van der Waals surface area contributed by atoms with Gasteiger partial charge in [0.1, 0.15) is 17.4 Å². The van der Waals surface area contributed by atoms with Crippen molar-refractivity contribution in [2.45, 2.75) is 12.8 Å². The number of furan rings is 1. The Morgan fingerprint density at radius 3 is 2.64 bits per heavy atom. The SMILES string of the molecule is COc1cc2c(Cc3ccc(OC)c4ccoc34)c(C#N)cnc2cc1OCCCN1CCOCC1. The van der Waals surface area contributed by atoms with Crippen molar-refractivity contribution >= 4 is 21.9 Å². The molecule has 5 rings (SSSR count). The van der Waals surface area contributed by atoms with Crippen molar-refractivity contribution < 1.29 is 23.4 Å². The van der Waals surface area contributed by atoms with Crippen molar-refractivity contribution in [2.75, 3.05) is 53.7 Å². The Labute approximate surface area is 209 Å². The standard InChI is InChI=1S/C28H29N3O5/c1-32-25-5-4-19(28-21(25)6-11-36-28)14-22-20(17-29)18-30-24-16-27(26(33-2)15-23(22)24)35-10-3-7-31-8-12-34-13-9-31/h4-6,11,15-16,18H,3,7-10,12-14H2,1-2H3. The molecule has 36 heavy (non-hydrogen) atoms. The molecule has 1 fully saturated rings. The van der Waals surface area contributed by atoms with Gasteiger partial charge >= 0.3 is 0 Å². The number of rotatable bonds is 9. The maximum atomic E-state index is 9.84. The van der Waals surface area contributed by atoms with Gasteiger partial charge in [0.05, 0.1) is 56.8 Å². The predicted molar refractivity (Wildman–Crippen MR) is 136 cm³/mol. The van der Waals surface area contributed by atoms with Crippen LogP contribution in [-0.2, 0) is 11.2 Å². The molecule has 0 atom stereocenters. The molecule has 0 saturated carbocycles. The van der Waals surface area contributed by atoms with Gasteiger partial charge < -0.3 is 23.4 Å². The summed E-state index contributed by atoms with van der Waals surface area (Å²) >= 11 is 0. The van der Waals surface area contributed by atoms with Crippen LogP contribution in [0, 0.1) is 11.3 Å². The number of aromatic nitrogens is 1. The molecule has 0 amide bonds. The average Bonchev–Trinajstić information content (AvgIpc) is 3.42. The molecular formula is C28H29N3O5. The lowest BCUT2D eigenvalue weighted by Gasteiger charge is -2.26. The van der Waals surface area contributed by atoms with E-state index in [4.69, 9.17) is 23.4 Å². The molecule has 186 valence electrons. The summed E-state index contributed by atoms with van der Waals surface area (Å²) in [6.07, 6.45) is 4.68. The molecule has 0 unspecified atom stereocenters. The van der Waals surface area contributed by atoms with Crippen LogP contribution in [0.4, 0.5) is 0 Å². The van der Waals surface area contributed by atoms with Crippen molar-refractivity contribution in [1.82, 2.24) is 9.88 Å². The highest BCUT2D eigenvalue weighted by atomic mass is 16.5. The van der Waals surface area contributed by atoms with E-state index in [1.54, 1.807) is 26.7 Å². The van der Waals surface area contributed by atoms with Crippen LogP contribution in [0.2, 0.25) is 0 Å². The summed E-state index contributed by atoms with van der Waals surface area (Å²) in [7, 11) is 3.26. The maximum absolute atomic E-state index is 9.84. The normalized spacial score (nSPS) is 14.1. The van der Waals surface area contributed by atoms with E-state index in [2.05, 4.69) is 16.0 Å². The van der Waals surface area contributed by atoms with Crippen LogP contribution < -0.4 is 14.2 Å². The topological polar surface area (TPSA) is 90.0 Å². The Bertz CT molecular complexity index is 1400. The molecule has 1 saturated heterocycles. The van der Waals surface area contributed by atoms with Gasteiger partial charge in [-0.15, -0.1) is 0 Å². The van der Waals surface area contributed by atoms with E-state index in [-0.39, 0.29) is 0 Å². The first-order chi connectivity index (χ1) is 17.7. The van der Waals surface area contributed by atoms with E-state index in [9.17, 15) is 5.26 Å². The fraction of sp³-hybridized carbons (Fsp3) is 0.357. The third kappa shape index (κ3) is 4.81. The lowest BCUT2D eigenvalue weighted by atomic mass is 9.96. The fourth-order valence-corrected chi connectivity index (χ4v) is 4.71. The van der Waals surface area contributed by atoms with Crippen LogP contribution in [0.15, 0.2) is 47.2 Å². The predicted octanol–water partition coefficient (Wildman–Crippen LogP) is 4.56. The minimum absolute atomic E-state index is 0.499. The van der Waals surface area contributed by atoms with E-state index >= 15 is 0 Å². The molecule has 8 heteroatoms. The van der Waals surface area contributed by atoms with Crippen molar-refractivity contribution in [1.29, 1.82) is 5.26 Å². The van der Waals surface area contributed by atoms with Crippen LogP contribution in [0.25, 0.3) is 21.9 Å². The molecule has 0 radical (unpaired) electrons. The Morgan fingerprint density at radius 2 is 1.86 bits per heavy atom. The molecule has 0 N–H and O–H groups in total. The van der Waals surface area contributed by atoms with E-state index in [1.807, 2.05) is 30.3 Å². The van der Waals surface area contributed by atoms with Gasteiger partial charge in [0.2, 0.25) is 0 Å². The van der Waals surface area contributed by atoms with Crippen LogP contribution >= 0.6 is 0 Å². The second-order valence-electron chi connectivity index (χ2n) is 8.71. The number of nitriles is 1. The number of nitrogens with zero attached hydrogens (tertiary/aromatic N) is 3. The van der Waals surface area contributed by atoms with Gasteiger partial charge in [-0.1, -0.05) is 6.07 Å². The number of fused-ring (bicyclic) bond motifs is 2. The zero-order valence-corrected chi connectivity index (χ0v) is 20.6. The highest BCUT2D eigenvalue weighted by Crippen LogP contribution is 2.36. The van der Waals surface area contributed by atoms with Crippen LogP contribution in [0.1, 0.15) is 23.1 Å². The average molecular weight is 488 g/mol. The Hall–Kier alpha value is -3.80. The van der Waals surface area contributed by atoms with Gasteiger partial charge in [-0.3, -0.25) is 9.88 Å². The molecule has 0 aliphatic carbocycles. The number of benzene rings is 2. The molecule has 2 aromatic heterocycles. The zero-order valence-electron chi connectivity index (χ0n) is 20.6. The number of pyridine rings is 1. The van der Waals surface area contributed by atoms with Crippen LogP contribution in [-0.4, -0.2) is 63.6 Å². The molecule has 0 bridgehead atoms.